The second-order valence-corrected chi connectivity index (χ2v) is 7.10. The summed E-state index contributed by atoms with van der Waals surface area (Å²) in [5.41, 5.74) is 1.24. The Balaban J connectivity index is 1.62. The van der Waals surface area contributed by atoms with Crippen LogP contribution in [0.2, 0.25) is 0 Å². The first-order valence-electron chi connectivity index (χ1n) is 7.28. The Morgan fingerprint density at radius 2 is 1.79 bits per heavy atom. The molecule has 0 aromatic heterocycles. The van der Waals surface area contributed by atoms with Crippen molar-refractivity contribution in [3.8, 4) is 0 Å². The minimum atomic E-state index is -0.182. The van der Waals surface area contributed by atoms with E-state index >= 15 is 0 Å². The highest BCUT2D eigenvalue weighted by atomic mass is 79.9. The van der Waals surface area contributed by atoms with Crippen LogP contribution in [-0.4, -0.2) is 35.2 Å². The number of rotatable bonds is 3. The van der Waals surface area contributed by atoms with Gasteiger partial charge in [-0.1, -0.05) is 28.1 Å². The summed E-state index contributed by atoms with van der Waals surface area (Å²) >= 11 is 3.45. The number of hydrogen-bond acceptors (Lipinski definition) is 2. The lowest BCUT2D eigenvalue weighted by molar-refractivity contribution is 0.0368. The van der Waals surface area contributed by atoms with E-state index in [0.29, 0.717) is 18.0 Å². The molecule has 3 unspecified atom stereocenters. The minimum Gasteiger partial charge on any atom is -0.392 e. The molecule has 3 heteroatoms. The van der Waals surface area contributed by atoms with Gasteiger partial charge in [0.1, 0.15) is 0 Å². The molecule has 2 aliphatic heterocycles. The van der Waals surface area contributed by atoms with Gasteiger partial charge in [0.25, 0.3) is 0 Å². The molecule has 2 nitrogen and oxygen atoms in total. The second kappa shape index (κ2) is 5.55. The third-order valence-electron chi connectivity index (χ3n) is 5.04. The smallest absolute Gasteiger partial charge is 0.0609 e. The van der Waals surface area contributed by atoms with Crippen molar-refractivity contribution in [3.63, 3.8) is 0 Å². The fourth-order valence-corrected chi connectivity index (χ4v) is 4.06. The molecule has 0 saturated carbocycles. The molecule has 104 valence electrons. The molecular formula is C16H22BrNO. The molecule has 19 heavy (non-hydrogen) atoms. The van der Waals surface area contributed by atoms with Gasteiger partial charge in [0.2, 0.25) is 0 Å². The summed E-state index contributed by atoms with van der Waals surface area (Å²) in [5, 5.41) is 10.5. The molecule has 2 saturated heterocycles. The molecule has 2 heterocycles. The number of benzene rings is 1. The van der Waals surface area contributed by atoms with E-state index in [2.05, 4.69) is 52.1 Å². The largest absolute Gasteiger partial charge is 0.392 e. The van der Waals surface area contributed by atoms with Crippen molar-refractivity contribution < 1.29 is 5.11 Å². The van der Waals surface area contributed by atoms with E-state index in [-0.39, 0.29) is 6.10 Å². The molecule has 2 aliphatic rings. The lowest BCUT2D eigenvalue weighted by Gasteiger charge is -2.38. The van der Waals surface area contributed by atoms with Crippen LogP contribution in [0, 0.1) is 5.92 Å². The van der Waals surface area contributed by atoms with Gasteiger partial charge >= 0.3 is 0 Å². The average Bonchev–Trinajstić information content (AvgIpc) is 2.64. The molecule has 0 spiro atoms. The Morgan fingerprint density at radius 1 is 1.21 bits per heavy atom. The van der Waals surface area contributed by atoms with Crippen molar-refractivity contribution in [2.24, 2.45) is 5.92 Å². The number of fused-ring (bicyclic) bond motifs is 2. The first kappa shape index (κ1) is 13.6. The third kappa shape index (κ3) is 2.88. The Morgan fingerprint density at radius 3 is 2.37 bits per heavy atom. The predicted molar refractivity (Wildman–Crippen MR) is 81.1 cm³/mol. The molecule has 1 aromatic rings. The zero-order chi connectivity index (χ0) is 13.4. The standard InChI is InChI=1S/C16H22BrNO/c1-18-14-6-7-15(18)10-12(9-14)16(19)8-11-2-4-13(17)5-3-11/h2-5,12,14-16,19H,6-10H2,1H3. The summed E-state index contributed by atoms with van der Waals surface area (Å²) in [6.45, 7) is 0. The van der Waals surface area contributed by atoms with E-state index in [1.807, 2.05) is 0 Å². The zero-order valence-corrected chi connectivity index (χ0v) is 13.0. The Hall–Kier alpha value is -0.380. The van der Waals surface area contributed by atoms with Crippen LogP contribution in [0.25, 0.3) is 0 Å². The van der Waals surface area contributed by atoms with Gasteiger partial charge in [-0.25, -0.2) is 0 Å². The van der Waals surface area contributed by atoms with Gasteiger partial charge in [-0.2, -0.15) is 0 Å². The van der Waals surface area contributed by atoms with Crippen LogP contribution in [0.5, 0.6) is 0 Å². The number of piperidine rings is 1. The molecular weight excluding hydrogens is 302 g/mol. The number of aliphatic hydroxyl groups is 1. The number of hydrogen-bond donors (Lipinski definition) is 1. The van der Waals surface area contributed by atoms with E-state index in [0.717, 1.165) is 10.9 Å². The normalized spacial score (nSPS) is 32.5. The van der Waals surface area contributed by atoms with Gasteiger partial charge in [0.05, 0.1) is 6.10 Å². The van der Waals surface area contributed by atoms with E-state index in [1.165, 1.54) is 31.2 Å². The maximum Gasteiger partial charge on any atom is 0.0609 e. The highest BCUT2D eigenvalue weighted by Gasteiger charge is 2.40. The van der Waals surface area contributed by atoms with Crippen molar-refractivity contribution in [2.45, 2.75) is 50.3 Å². The van der Waals surface area contributed by atoms with Crippen LogP contribution >= 0.6 is 15.9 Å². The minimum absolute atomic E-state index is 0.182. The van der Waals surface area contributed by atoms with Crippen LogP contribution in [0.15, 0.2) is 28.7 Å². The molecule has 3 atom stereocenters. The van der Waals surface area contributed by atoms with Crippen molar-refractivity contribution in [3.05, 3.63) is 34.3 Å². The van der Waals surface area contributed by atoms with Crippen molar-refractivity contribution in [1.82, 2.24) is 4.90 Å². The van der Waals surface area contributed by atoms with Gasteiger partial charge in [-0.15, -0.1) is 0 Å². The van der Waals surface area contributed by atoms with Gasteiger partial charge in [0, 0.05) is 16.6 Å². The first-order valence-corrected chi connectivity index (χ1v) is 8.07. The summed E-state index contributed by atoms with van der Waals surface area (Å²) in [4.78, 5) is 2.53. The van der Waals surface area contributed by atoms with Crippen molar-refractivity contribution in [1.29, 1.82) is 0 Å². The highest BCUT2D eigenvalue weighted by molar-refractivity contribution is 9.10. The summed E-state index contributed by atoms with van der Waals surface area (Å²) in [7, 11) is 2.25. The molecule has 1 N–H and O–H groups in total. The fraction of sp³-hybridized carbons (Fsp3) is 0.625. The average molecular weight is 324 g/mol. The summed E-state index contributed by atoms with van der Waals surface area (Å²) < 4.78 is 1.10. The van der Waals surface area contributed by atoms with Crippen LogP contribution in [0.1, 0.15) is 31.2 Å². The van der Waals surface area contributed by atoms with Gasteiger partial charge in [-0.3, -0.25) is 0 Å². The van der Waals surface area contributed by atoms with Crippen LogP contribution in [0.3, 0.4) is 0 Å². The Labute approximate surface area is 123 Å². The quantitative estimate of drug-likeness (QED) is 0.923. The van der Waals surface area contributed by atoms with E-state index < -0.39 is 0 Å². The molecule has 3 rings (SSSR count). The molecule has 0 aliphatic carbocycles. The lowest BCUT2D eigenvalue weighted by Crippen LogP contribution is -2.43. The molecule has 2 fully saturated rings. The highest BCUT2D eigenvalue weighted by Crippen LogP contribution is 2.39. The SMILES string of the molecule is CN1C2CCC1CC(C(O)Cc1ccc(Br)cc1)C2. The number of halogens is 1. The van der Waals surface area contributed by atoms with E-state index in [4.69, 9.17) is 0 Å². The van der Waals surface area contributed by atoms with E-state index in [9.17, 15) is 5.11 Å². The second-order valence-electron chi connectivity index (χ2n) is 6.18. The van der Waals surface area contributed by atoms with Crippen LogP contribution < -0.4 is 0 Å². The molecule has 1 aromatic carbocycles. The summed E-state index contributed by atoms with van der Waals surface area (Å²) in [6, 6.07) is 9.75. The van der Waals surface area contributed by atoms with Gasteiger partial charge in [-0.05, 0) is 62.8 Å². The number of aliphatic hydroxyl groups excluding tert-OH is 1. The van der Waals surface area contributed by atoms with Gasteiger partial charge in [0.15, 0.2) is 0 Å². The molecule has 0 amide bonds. The van der Waals surface area contributed by atoms with Crippen molar-refractivity contribution >= 4 is 15.9 Å². The monoisotopic (exact) mass is 323 g/mol. The lowest BCUT2D eigenvalue weighted by atomic mass is 9.84. The Bertz CT molecular complexity index is 419. The summed E-state index contributed by atoms with van der Waals surface area (Å²) in [6.07, 6.45) is 5.60. The predicted octanol–water partition coefficient (Wildman–Crippen LogP) is 3.23. The molecule has 2 bridgehead atoms. The number of nitrogens with zero attached hydrogens (tertiary/aromatic N) is 1. The first-order chi connectivity index (χ1) is 9.13. The maximum atomic E-state index is 10.5. The van der Waals surface area contributed by atoms with Crippen LogP contribution in [0.4, 0.5) is 0 Å². The zero-order valence-electron chi connectivity index (χ0n) is 11.4. The van der Waals surface area contributed by atoms with Crippen molar-refractivity contribution in [2.75, 3.05) is 7.05 Å². The van der Waals surface area contributed by atoms with Gasteiger partial charge < -0.3 is 10.0 Å². The maximum absolute atomic E-state index is 10.5. The summed E-state index contributed by atoms with van der Waals surface area (Å²) in [5.74, 6) is 0.484. The topological polar surface area (TPSA) is 23.5 Å². The fourth-order valence-electron chi connectivity index (χ4n) is 3.80. The van der Waals surface area contributed by atoms with E-state index in [1.54, 1.807) is 0 Å². The third-order valence-corrected chi connectivity index (χ3v) is 5.57. The Kier molecular flexibility index (Phi) is 3.97. The van der Waals surface area contributed by atoms with Crippen LogP contribution in [-0.2, 0) is 6.42 Å². The molecule has 0 radical (unpaired) electrons.